The highest BCUT2D eigenvalue weighted by atomic mass is 35.6. The molecule has 5 atom stereocenters. The van der Waals surface area contributed by atoms with Gasteiger partial charge in [0.25, 0.3) is 5.91 Å². The molecule has 2 heterocycles. The first-order valence-corrected chi connectivity index (χ1v) is 11.3. The summed E-state index contributed by atoms with van der Waals surface area (Å²) in [5.41, 5.74) is -1.52. The van der Waals surface area contributed by atoms with Crippen LogP contribution in [0.4, 0.5) is 0 Å². The molecule has 2 saturated heterocycles. The number of nitrogens with one attached hydrogen (secondary N) is 1. The summed E-state index contributed by atoms with van der Waals surface area (Å²) >= 11 is 16.9. The van der Waals surface area contributed by atoms with Crippen LogP contribution in [-0.2, 0) is 29.9 Å². The lowest BCUT2D eigenvalue weighted by Gasteiger charge is -2.55. The normalized spacial score (nSPS) is 30.7. The number of esters is 1. The number of hydrogen-bond donors (Lipinski definition) is 1. The Hall–Kier alpha value is -1.55. The third-order valence-corrected chi connectivity index (χ3v) is 7.22. The van der Waals surface area contributed by atoms with Crippen LogP contribution in [0.3, 0.4) is 0 Å². The van der Waals surface area contributed by atoms with Crippen LogP contribution in [0.15, 0.2) is 30.3 Å². The van der Waals surface area contributed by atoms with Gasteiger partial charge in [-0.1, -0.05) is 53.0 Å². The monoisotopic (exact) mass is 496 g/mol. The van der Waals surface area contributed by atoms with Gasteiger partial charge in [-0.15, -0.1) is 0 Å². The number of carbonyl (C=O) groups excluding carboxylic acids is 3. The average molecular weight is 498 g/mol. The largest absolute Gasteiger partial charge is 0.477 e. The van der Waals surface area contributed by atoms with Crippen LogP contribution in [0.25, 0.3) is 0 Å². The fourth-order valence-electron chi connectivity index (χ4n) is 3.38. The molecule has 12 heteroatoms. The van der Waals surface area contributed by atoms with Crippen molar-refractivity contribution in [1.29, 1.82) is 0 Å². The number of β-lactam (4-membered cyclic amide) rings is 1. The number of para-hydroxylation sites is 1. The van der Waals surface area contributed by atoms with Crippen molar-refractivity contribution in [1.82, 2.24) is 10.2 Å². The molecule has 2 amide bonds. The van der Waals surface area contributed by atoms with E-state index in [1.54, 1.807) is 30.3 Å². The second-order valence-electron chi connectivity index (χ2n) is 7.23. The molecule has 0 spiro atoms. The standard InChI is InChI=1S/C18H19Cl3N2O6S/c1-10(24)22-15-17(2,16(26)28-9-18(19,20)21)8-23-13(25)12(14(23)30(15)27)29-11-6-4-3-5-7-11/h3-7,12,14-15H,8-9H2,1-2H3,(H,22,24)/t12?,14-,15?,17?,30?/m1/s1. The Morgan fingerprint density at radius 3 is 2.50 bits per heavy atom. The second-order valence-corrected chi connectivity index (χ2v) is 11.4. The molecule has 2 aliphatic heterocycles. The molecule has 0 bridgehead atoms. The molecule has 1 N–H and O–H groups in total. The molecule has 4 unspecified atom stereocenters. The van der Waals surface area contributed by atoms with Crippen molar-refractivity contribution in [2.45, 2.75) is 34.5 Å². The maximum absolute atomic E-state index is 13.3. The number of ether oxygens (including phenoxy) is 2. The smallest absolute Gasteiger partial charge is 0.316 e. The van der Waals surface area contributed by atoms with Crippen LogP contribution in [0.1, 0.15) is 13.8 Å². The molecule has 1 aromatic rings. The van der Waals surface area contributed by atoms with Crippen molar-refractivity contribution in [2.24, 2.45) is 5.41 Å². The predicted molar refractivity (Wildman–Crippen MR) is 111 cm³/mol. The van der Waals surface area contributed by atoms with Crippen LogP contribution < -0.4 is 10.1 Å². The average Bonchev–Trinajstić information content (AvgIpc) is 2.67. The molecule has 164 valence electrons. The van der Waals surface area contributed by atoms with Crippen LogP contribution in [0, 0.1) is 5.41 Å². The molecule has 1 aromatic carbocycles. The quantitative estimate of drug-likeness (QED) is 0.378. The van der Waals surface area contributed by atoms with E-state index in [2.05, 4.69) is 5.32 Å². The number of nitrogens with zero attached hydrogens (tertiary/aromatic N) is 1. The van der Waals surface area contributed by atoms with Crippen LogP contribution in [0.2, 0.25) is 0 Å². The minimum atomic E-state index is -1.88. The van der Waals surface area contributed by atoms with Gasteiger partial charge in [0.15, 0.2) is 5.37 Å². The number of amides is 2. The first-order valence-electron chi connectivity index (χ1n) is 8.87. The highest BCUT2D eigenvalue weighted by Gasteiger charge is 2.65. The highest BCUT2D eigenvalue weighted by molar-refractivity contribution is 7.86. The number of carbonyl (C=O) groups is 3. The summed E-state index contributed by atoms with van der Waals surface area (Å²) in [5, 5.41) is 0.591. The van der Waals surface area contributed by atoms with E-state index in [0.717, 1.165) is 0 Å². The summed E-state index contributed by atoms with van der Waals surface area (Å²) in [6.45, 7) is 2.00. The third-order valence-electron chi connectivity index (χ3n) is 4.81. The maximum Gasteiger partial charge on any atom is 0.316 e. The van der Waals surface area contributed by atoms with E-state index in [0.29, 0.717) is 5.75 Å². The van der Waals surface area contributed by atoms with E-state index in [4.69, 9.17) is 44.3 Å². The van der Waals surface area contributed by atoms with Crippen molar-refractivity contribution in [3.8, 4) is 5.75 Å². The van der Waals surface area contributed by atoms with Crippen molar-refractivity contribution in [3.63, 3.8) is 0 Å². The van der Waals surface area contributed by atoms with Gasteiger partial charge in [0, 0.05) is 13.5 Å². The molecule has 2 aliphatic rings. The molecule has 0 saturated carbocycles. The van der Waals surface area contributed by atoms with Crippen molar-refractivity contribution in [3.05, 3.63) is 30.3 Å². The Kier molecular flexibility index (Phi) is 6.57. The fraction of sp³-hybridized carbons (Fsp3) is 0.500. The zero-order chi connectivity index (χ0) is 22.3. The van der Waals surface area contributed by atoms with E-state index in [1.807, 2.05) is 0 Å². The molecular weight excluding hydrogens is 479 g/mol. The van der Waals surface area contributed by atoms with Gasteiger partial charge in [-0.25, -0.2) is 0 Å². The molecule has 0 aromatic heterocycles. The van der Waals surface area contributed by atoms with E-state index in [9.17, 15) is 18.6 Å². The molecule has 2 fully saturated rings. The fourth-order valence-corrected chi connectivity index (χ4v) is 5.63. The maximum atomic E-state index is 13.3. The highest BCUT2D eigenvalue weighted by Crippen LogP contribution is 2.42. The summed E-state index contributed by atoms with van der Waals surface area (Å²) in [6.07, 6.45) is -0.994. The molecular formula is C18H19Cl3N2O6S. The van der Waals surface area contributed by atoms with Crippen LogP contribution >= 0.6 is 34.8 Å². The number of fused-ring (bicyclic) bond motifs is 1. The van der Waals surface area contributed by atoms with E-state index >= 15 is 0 Å². The molecule has 0 radical (unpaired) electrons. The van der Waals surface area contributed by atoms with Crippen LogP contribution in [-0.4, -0.2) is 60.7 Å². The SMILES string of the molecule is CC(=O)NC1S(=O)[C@@H]2C(Oc3ccccc3)C(=O)N2CC1(C)C(=O)OCC(Cl)(Cl)Cl. The Morgan fingerprint density at radius 2 is 1.93 bits per heavy atom. The van der Waals surface area contributed by atoms with Gasteiger partial charge in [-0.3, -0.25) is 18.6 Å². The Balaban J connectivity index is 1.85. The summed E-state index contributed by atoms with van der Waals surface area (Å²) < 4.78 is 22.3. The molecule has 30 heavy (non-hydrogen) atoms. The third kappa shape index (κ3) is 4.54. The lowest BCUT2D eigenvalue weighted by molar-refractivity contribution is -0.169. The summed E-state index contributed by atoms with van der Waals surface area (Å²) in [4.78, 5) is 38.5. The number of rotatable bonds is 5. The topological polar surface area (TPSA) is 102 Å². The molecule has 3 rings (SSSR count). The minimum absolute atomic E-state index is 0.138. The number of alkyl halides is 3. The van der Waals surface area contributed by atoms with E-state index < -0.39 is 61.2 Å². The van der Waals surface area contributed by atoms with Crippen molar-refractivity contribution in [2.75, 3.05) is 13.2 Å². The summed E-state index contributed by atoms with van der Waals surface area (Å²) in [6, 6.07) is 8.62. The second kappa shape index (κ2) is 8.53. The van der Waals surface area contributed by atoms with Gasteiger partial charge in [0.2, 0.25) is 15.8 Å². The summed E-state index contributed by atoms with van der Waals surface area (Å²) in [5.74, 6) is -1.31. The lowest BCUT2D eigenvalue weighted by atomic mass is 9.87. The minimum Gasteiger partial charge on any atom is -0.477 e. The lowest BCUT2D eigenvalue weighted by Crippen LogP contribution is -2.78. The van der Waals surface area contributed by atoms with Crippen molar-refractivity contribution >= 4 is 63.4 Å². The van der Waals surface area contributed by atoms with E-state index in [1.165, 1.54) is 18.7 Å². The first-order chi connectivity index (χ1) is 13.9. The van der Waals surface area contributed by atoms with Gasteiger partial charge in [0.05, 0.1) is 10.8 Å². The van der Waals surface area contributed by atoms with E-state index in [-0.39, 0.29) is 6.54 Å². The molecule has 0 aliphatic carbocycles. The van der Waals surface area contributed by atoms with Gasteiger partial charge < -0.3 is 19.7 Å². The van der Waals surface area contributed by atoms with Gasteiger partial charge in [-0.05, 0) is 19.1 Å². The summed E-state index contributed by atoms with van der Waals surface area (Å²) in [7, 11) is -1.88. The number of hydrogen-bond acceptors (Lipinski definition) is 6. The number of benzene rings is 1. The van der Waals surface area contributed by atoms with Gasteiger partial charge >= 0.3 is 5.97 Å². The zero-order valence-corrected chi connectivity index (χ0v) is 19.1. The number of halogens is 3. The zero-order valence-electron chi connectivity index (χ0n) is 16.0. The van der Waals surface area contributed by atoms with Crippen molar-refractivity contribution < 1.29 is 28.1 Å². The predicted octanol–water partition coefficient (Wildman–Crippen LogP) is 1.75. The van der Waals surface area contributed by atoms with Gasteiger partial charge in [-0.2, -0.15) is 0 Å². The van der Waals surface area contributed by atoms with Crippen LogP contribution in [0.5, 0.6) is 5.75 Å². The van der Waals surface area contributed by atoms with Gasteiger partial charge in [0.1, 0.15) is 23.1 Å². The Morgan fingerprint density at radius 1 is 1.30 bits per heavy atom. The Labute approximate surface area is 190 Å². The molecule has 8 nitrogen and oxygen atoms in total. The first kappa shape index (κ1) is 23.1. The Bertz CT molecular complexity index is 880.